The van der Waals surface area contributed by atoms with Crippen molar-refractivity contribution in [3.05, 3.63) is 34.6 Å². The van der Waals surface area contributed by atoms with E-state index < -0.39 is 0 Å². The molecule has 5 heteroatoms. The molecule has 1 fully saturated rings. The van der Waals surface area contributed by atoms with Gasteiger partial charge in [-0.25, -0.2) is 4.39 Å². The van der Waals surface area contributed by atoms with Crippen molar-refractivity contribution in [2.24, 2.45) is 0 Å². The predicted molar refractivity (Wildman–Crippen MR) is 80.7 cm³/mol. The van der Waals surface area contributed by atoms with Gasteiger partial charge in [-0.3, -0.25) is 4.90 Å². The molecule has 0 bridgehead atoms. The zero-order valence-corrected chi connectivity index (χ0v) is 12.7. The average Bonchev–Trinajstić information content (AvgIpc) is 2.38. The Labute approximate surface area is 125 Å². The maximum Gasteiger partial charge on any atom is 0.129 e. The van der Waals surface area contributed by atoms with Gasteiger partial charge in [0.2, 0.25) is 0 Å². The normalized spacial score (nSPS) is 17.8. The van der Waals surface area contributed by atoms with E-state index in [4.69, 9.17) is 11.6 Å². The minimum atomic E-state index is -0.181. The van der Waals surface area contributed by atoms with Gasteiger partial charge in [-0.15, -0.1) is 12.4 Å². The molecular weight excluding hydrogens is 286 g/mol. The van der Waals surface area contributed by atoms with Crippen LogP contribution in [-0.4, -0.2) is 31.1 Å². The lowest BCUT2D eigenvalue weighted by Gasteiger charge is -2.35. The molecule has 1 aromatic rings. The molecule has 1 aliphatic rings. The molecule has 0 unspecified atom stereocenters. The minimum absolute atomic E-state index is 0. The number of hydrogen-bond acceptors (Lipinski definition) is 2. The highest BCUT2D eigenvalue weighted by Crippen LogP contribution is 2.33. The largest absolute Gasteiger partial charge is 0.314 e. The van der Waals surface area contributed by atoms with Crippen LogP contribution in [0.5, 0.6) is 0 Å². The first kappa shape index (κ1) is 16.7. The van der Waals surface area contributed by atoms with Crippen molar-refractivity contribution < 1.29 is 4.39 Å². The van der Waals surface area contributed by atoms with Gasteiger partial charge in [0.1, 0.15) is 5.82 Å². The van der Waals surface area contributed by atoms with Crippen LogP contribution in [0.3, 0.4) is 0 Å². The van der Waals surface area contributed by atoms with Crippen molar-refractivity contribution in [1.82, 2.24) is 10.2 Å². The van der Waals surface area contributed by atoms with Crippen LogP contribution in [-0.2, 0) is 0 Å². The summed E-state index contributed by atoms with van der Waals surface area (Å²) in [6, 6.07) is 5.06. The summed E-state index contributed by atoms with van der Waals surface area (Å²) in [4.78, 5) is 2.34. The maximum absolute atomic E-state index is 14.1. The molecule has 1 aromatic carbocycles. The molecule has 1 atom stereocenters. The fourth-order valence-electron chi connectivity index (χ4n) is 2.61. The van der Waals surface area contributed by atoms with Crippen LogP contribution < -0.4 is 5.32 Å². The Kier molecular flexibility index (Phi) is 7.08. The van der Waals surface area contributed by atoms with Gasteiger partial charge < -0.3 is 5.32 Å². The summed E-state index contributed by atoms with van der Waals surface area (Å²) in [5, 5.41) is 3.87. The van der Waals surface area contributed by atoms with Crippen LogP contribution in [0.4, 0.5) is 4.39 Å². The van der Waals surface area contributed by atoms with Gasteiger partial charge in [0.15, 0.2) is 0 Å². The molecule has 1 aliphatic heterocycles. The van der Waals surface area contributed by atoms with Crippen molar-refractivity contribution in [3.63, 3.8) is 0 Å². The first-order valence-electron chi connectivity index (χ1n) is 6.62. The van der Waals surface area contributed by atoms with Crippen LogP contribution in [0.15, 0.2) is 18.2 Å². The van der Waals surface area contributed by atoms with Gasteiger partial charge in [-0.05, 0) is 18.6 Å². The number of piperazine rings is 1. The predicted octanol–water partition coefficient (Wildman–Crippen LogP) is 3.65. The molecule has 2 nitrogen and oxygen atoms in total. The topological polar surface area (TPSA) is 15.3 Å². The standard InChI is InChI=1S/C14H20ClFN2.ClH/c1-2-4-13(18-9-7-17-8-10-18)14-11(15)5-3-6-12(14)16;/h3,5-6,13,17H,2,4,7-10H2,1H3;1H/t13-;/m0./s1. The number of benzene rings is 1. The highest BCUT2D eigenvalue weighted by molar-refractivity contribution is 6.31. The zero-order valence-electron chi connectivity index (χ0n) is 11.2. The van der Waals surface area contributed by atoms with Gasteiger partial charge in [-0.2, -0.15) is 0 Å². The third kappa shape index (κ3) is 4.06. The van der Waals surface area contributed by atoms with Crippen LogP contribution in [0.25, 0.3) is 0 Å². The van der Waals surface area contributed by atoms with Gasteiger partial charge >= 0.3 is 0 Å². The maximum atomic E-state index is 14.1. The Morgan fingerprint density at radius 1 is 1.37 bits per heavy atom. The van der Waals surface area contributed by atoms with Gasteiger partial charge in [-0.1, -0.05) is 31.0 Å². The van der Waals surface area contributed by atoms with Gasteiger partial charge in [0.25, 0.3) is 0 Å². The fourth-order valence-corrected chi connectivity index (χ4v) is 2.89. The van der Waals surface area contributed by atoms with Crippen LogP contribution in [0, 0.1) is 5.82 Å². The quantitative estimate of drug-likeness (QED) is 0.913. The molecule has 0 saturated carbocycles. The molecular formula is C14H21Cl2FN2. The molecule has 2 rings (SSSR count). The summed E-state index contributed by atoms with van der Waals surface area (Å²) in [6.45, 7) is 5.97. The molecule has 0 aromatic heterocycles. The monoisotopic (exact) mass is 306 g/mol. The molecule has 0 amide bonds. The number of hydrogen-bond donors (Lipinski definition) is 1. The average molecular weight is 307 g/mol. The molecule has 1 heterocycles. The molecule has 0 radical (unpaired) electrons. The second-order valence-electron chi connectivity index (χ2n) is 4.73. The summed E-state index contributed by atoms with van der Waals surface area (Å²) in [5.41, 5.74) is 0.669. The van der Waals surface area contributed by atoms with E-state index in [9.17, 15) is 4.39 Å². The lowest BCUT2D eigenvalue weighted by molar-refractivity contribution is 0.161. The lowest BCUT2D eigenvalue weighted by atomic mass is 9.99. The Morgan fingerprint density at radius 2 is 2.05 bits per heavy atom. The Bertz CT molecular complexity index is 375. The molecule has 1 N–H and O–H groups in total. The third-order valence-electron chi connectivity index (χ3n) is 3.49. The van der Waals surface area contributed by atoms with Gasteiger partial charge in [0, 0.05) is 42.8 Å². The molecule has 19 heavy (non-hydrogen) atoms. The van der Waals surface area contributed by atoms with E-state index in [-0.39, 0.29) is 24.3 Å². The number of rotatable bonds is 4. The van der Waals surface area contributed by atoms with E-state index in [1.807, 2.05) is 0 Å². The SMILES string of the molecule is CCC[C@@H](c1c(F)cccc1Cl)N1CCNCC1.Cl. The molecule has 108 valence electrons. The van der Waals surface area contributed by atoms with Crippen molar-refractivity contribution in [2.45, 2.75) is 25.8 Å². The summed E-state index contributed by atoms with van der Waals surface area (Å²) in [5.74, 6) is -0.181. The van der Waals surface area contributed by atoms with E-state index in [1.54, 1.807) is 12.1 Å². The van der Waals surface area contributed by atoms with Crippen LogP contribution in [0.2, 0.25) is 5.02 Å². The highest BCUT2D eigenvalue weighted by Gasteiger charge is 2.25. The van der Waals surface area contributed by atoms with Crippen LogP contribution in [0.1, 0.15) is 31.4 Å². The second-order valence-corrected chi connectivity index (χ2v) is 5.13. The summed E-state index contributed by atoms with van der Waals surface area (Å²) in [7, 11) is 0. The van der Waals surface area contributed by atoms with E-state index in [0.717, 1.165) is 39.0 Å². The summed E-state index contributed by atoms with van der Waals surface area (Å²) < 4.78 is 14.1. The Hall–Kier alpha value is -0.350. The van der Waals surface area contributed by atoms with Crippen LogP contribution >= 0.6 is 24.0 Å². The number of nitrogens with zero attached hydrogens (tertiary/aromatic N) is 1. The first-order valence-corrected chi connectivity index (χ1v) is 7.00. The van der Waals surface area contributed by atoms with Crippen molar-refractivity contribution in [1.29, 1.82) is 0 Å². The van der Waals surface area contributed by atoms with Crippen molar-refractivity contribution in [2.75, 3.05) is 26.2 Å². The van der Waals surface area contributed by atoms with Gasteiger partial charge in [0.05, 0.1) is 0 Å². The van der Waals surface area contributed by atoms with E-state index in [2.05, 4.69) is 17.1 Å². The van der Waals surface area contributed by atoms with Crippen molar-refractivity contribution in [3.8, 4) is 0 Å². The molecule has 0 aliphatic carbocycles. The smallest absolute Gasteiger partial charge is 0.129 e. The first-order chi connectivity index (χ1) is 8.74. The van der Waals surface area contributed by atoms with Crippen molar-refractivity contribution >= 4 is 24.0 Å². The fraction of sp³-hybridized carbons (Fsp3) is 0.571. The second kappa shape index (κ2) is 8.05. The Balaban J connectivity index is 0.00000180. The minimum Gasteiger partial charge on any atom is -0.314 e. The summed E-state index contributed by atoms with van der Waals surface area (Å²) in [6.07, 6.45) is 1.97. The third-order valence-corrected chi connectivity index (χ3v) is 3.82. The zero-order chi connectivity index (χ0) is 13.0. The number of nitrogens with one attached hydrogen (secondary N) is 1. The Morgan fingerprint density at radius 3 is 2.63 bits per heavy atom. The van der Waals surface area contributed by atoms with E-state index >= 15 is 0 Å². The molecule has 1 saturated heterocycles. The highest BCUT2D eigenvalue weighted by atomic mass is 35.5. The summed E-state index contributed by atoms with van der Waals surface area (Å²) >= 11 is 6.20. The number of halogens is 3. The lowest BCUT2D eigenvalue weighted by Crippen LogP contribution is -2.45. The molecule has 0 spiro atoms. The van der Waals surface area contributed by atoms with E-state index in [0.29, 0.717) is 10.6 Å². The van der Waals surface area contributed by atoms with E-state index in [1.165, 1.54) is 6.07 Å².